The van der Waals surface area contributed by atoms with Gasteiger partial charge in [-0.05, 0) is 24.3 Å². The van der Waals surface area contributed by atoms with E-state index < -0.39 is 10.0 Å². The zero-order valence-corrected chi connectivity index (χ0v) is 12.3. The van der Waals surface area contributed by atoms with E-state index in [1.54, 1.807) is 17.9 Å². The van der Waals surface area contributed by atoms with Crippen LogP contribution in [0.2, 0.25) is 0 Å². The lowest BCUT2D eigenvalue weighted by Gasteiger charge is -2.09. The molecule has 0 aliphatic heterocycles. The molecule has 0 fully saturated rings. The highest BCUT2D eigenvalue weighted by molar-refractivity contribution is 7.89. The normalized spacial score (nSPS) is 11.2. The summed E-state index contributed by atoms with van der Waals surface area (Å²) in [7, 11) is -1.90. The molecule has 1 heterocycles. The second-order valence-electron chi connectivity index (χ2n) is 4.46. The topological polar surface area (TPSA) is 114 Å². The van der Waals surface area contributed by atoms with E-state index in [9.17, 15) is 8.42 Å². The first kappa shape index (κ1) is 15.0. The lowest BCUT2D eigenvalue weighted by Crippen LogP contribution is -2.27. The molecule has 0 aliphatic carbocycles. The average molecular weight is 305 g/mol. The fourth-order valence-corrected chi connectivity index (χ4v) is 3.04. The van der Waals surface area contributed by atoms with Gasteiger partial charge in [0.25, 0.3) is 0 Å². The summed E-state index contributed by atoms with van der Waals surface area (Å²) in [4.78, 5) is -0.0218. The van der Waals surface area contributed by atoms with Gasteiger partial charge in [0.05, 0.1) is 17.3 Å². The highest BCUT2D eigenvalue weighted by Gasteiger charge is 2.17. The standard InChI is InChI=1S/C13H15N5O2S/c1-18-11(4-6-16-18)5-7-17-21(19,20)13-3-2-10(9-14)8-12(13)15/h2-4,6,8,17H,5,7,15H2,1H3. The quantitative estimate of drug-likeness (QED) is 0.776. The number of nitriles is 1. The molecule has 0 unspecified atom stereocenters. The molecule has 2 aromatic rings. The maximum Gasteiger partial charge on any atom is 0.242 e. The Morgan fingerprint density at radius 2 is 2.19 bits per heavy atom. The lowest BCUT2D eigenvalue weighted by atomic mass is 10.2. The summed E-state index contributed by atoms with van der Waals surface area (Å²) >= 11 is 0. The summed E-state index contributed by atoms with van der Waals surface area (Å²) in [6.45, 7) is 0.237. The number of aryl methyl sites for hydroxylation is 1. The molecule has 2 rings (SSSR count). The maximum absolute atomic E-state index is 12.2. The molecule has 0 aliphatic rings. The predicted molar refractivity (Wildman–Crippen MR) is 77.7 cm³/mol. The van der Waals surface area contributed by atoms with E-state index in [0.29, 0.717) is 12.0 Å². The first-order chi connectivity index (χ1) is 9.94. The third-order valence-corrected chi connectivity index (χ3v) is 4.56. The zero-order chi connectivity index (χ0) is 15.5. The van der Waals surface area contributed by atoms with E-state index >= 15 is 0 Å². The Hall–Kier alpha value is -2.37. The average Bonchev–Trinajstić information content (AvgIpc) is 2.83. The van der Waals surface area contributed by atoms with Gasteiger partial charge in [0.15, 0.2) is 0 Å². The minimum absolute atomic E-state index is 0.0218. The van der Waals surface area contributed by atoms with Gasteiger partial charge in [-0.25, -0.2) is 13.1 Å². The highest BCUT2D eigenvalue weighted by Crippen LogP contribution is 2.19. The van der Waals surface area contributed by atoms with Crippen LogP contribution in [0.3, 0.4) is 0 Å². The van der Waals surface area contributed by atoms with Crippen molar-refractivity contribution in [2.24, 2.45) is 7.05 Å². The lowest BCUT2D eigenvalue weighted by molar-refractivity contribution is 0.580. The van der Waals surface area contributed by atoms with Crippen molar-refractivity contribution in [3.63, 3.8) is 0 Å². The van der Waals surface area contributed by atoms with Crippen LogP contribution in [0.15, 0.2) is 35.4 Å². The van der Waals surface area contributed by atoms with Gasteiger partial charge >= 0.3 is 0 Å². The van der Waals surface area contributed by atoms with Crippen molar-refractivity contribution >= 4 is 15.7 Å². The van der Waals surface area contributed by atoms with Crippen LogP contribution < -0.4 is 10.5 Å². The molecule has 0 amide bonds. The summed E-state index contributed by atoms with van der Waals surface area (Å²) in [5.41, 5.74) is 6.99. The Bertz CT molecular complexity index is 789. The van der Waals surface area contributed by atoms with Gasteiger partial charge in [-0.2, -0.15) is 10.4 Å². The predicted octanol–water partition coefficient (Wildman–Crippen LogP) is 0.395. The molecule has 0 radical (unpaired) electrons. The van der Waals surface area contributed by atoms with Crippen LogP contribution in [0, 0.1) is 11.3 Å². The Morgan fingerprint density at radius 3 is 2.76 bits per heavy atom. The molecule has 1 aromatic heterocycles. The fraction of sp³-hybridized carbons (Fsp3) is 0.231. The first-order valence-electron chi connectivity index (χ1n) is 6.20. The van der Waals surface area contributed by atoms with Crippen LogP contribution >= 0.6 is 0 Å². The molecular formula is C13H15N5O2S. The van der Waals surface area contributed by atoms with Gasteiger partial charge in [0, 0.05) is 31.9 Å². The number of sulfonamides is 1. The van der Waals surface area contributed by atoms with Gasteiger partial charge < -0.3 is 5.73 Å². The minimum atomic E-state index is -3.70. The van der Waals surface area contributed by atoms with Crippen LogP contribution in [0.25, 0.3) is 0 Å². The summed E-state index contributed by atoms with van der Waals surface area (Å²) in [5, 5.41) is 12.8. The van der Waals surface area contributed by atoms with Crippen LogP contribution in [0.4, 0.5) is 5.69 Å². The third kappa shape index (κ3) is 3.39. The van der Waals surface area contributed by atoms with Crippen molar-refractivity contribution in [1.29, 1.82) is 5.26 Å². The van der Waals surface area contributed by atoms with E-state index in [4.69, 9.17) is 11.0 Å². The van der Waals surface area contributed by atoms with Crippen molar-refractivity contribution in [3.05, 3.63) is 41.7 Å². The van der Waals surface area contributed by atoms with Crippen molar-refractivity contribution in [1.82, 2.24) is 14.5 Å². The van der Waals surface area contributed by atoms with Gasteiger partial charge in [0.2, 0.25) is 10.0 Å². The van der Waals surface area contributed by atoms with E-state index in [1.165, 1.54) is 18.2 Å². The van der Waals surface area contributed by atoms with E-state index in [1.807, 2.05) is 12.1 Å². The molecule has 0 saturated heterocycles. The molecule has 0 bridgehead atoms. The Kier molecular flexibility index (Phi) is 4.26. The summed E-state index contributed by atoms with van der Waals surface area (Å²) in [6.07, 6.45) is 2.17. The van der Waals surface area contributed by atoms with Crippen LogP contribution in [0.5, 0.6) is 0 Å². The second-order valence-corrected chi connectivity index (χ2v) is 6.19. The van der Waals surface area contributed by atoms with Crippen LogP contribution in [-0.4, -0.2) is 24.7 Å². The summed E-state index contributed by atoms with van der Waals surface area (Å²) in [6, 6.07) is 7.83. The number of nitrogen functional groups attached to an aromatic ring is 1. The van der Waals surface area contributed by atoms with Crippen molar-refractivity contribution in [2.45, 2.75) is 11.3 Å². The monoisotopic (exact) mass is 305 g/mol. The van der Waals surface area contributed by atoms with Gasteiger partial charge in [-0.15, -0.1) is 0 Å². The largest absolute Gasteiger partial charge is 0.398 e. The number of hydrogen-bond donors (Lipinski definition) is 2. The molecule has 110 valence electrons. The van der Waals surface area contributed by atoms with Gasteiger partial charge in [-0.1, -0.05) is 0 Å². The molecule has 8 heteroatoms. The van der Waals surface area contributed by atoms with Crippen LogP contribution in [0.1, 0.15) is 11.3 Å². The minimum Gasteiger partial charge on any atom is -0.398 e. The number of nitrogens with two attached hydrogens (primary N) is 1. The third-order valence-electron chi connectivity index (χ3n) is 3.02. The first-order valence-corrected chi connectivity index (χ1v) is 7.68. The maximum atomic E-state index is 12.2. The number of anilines is 1. The number of rotatable bonds is 5. The molecule has 0 atom stereocenters. The van der Waals surface area contributed by atoms with E-state index in [-0.39, 0.29) is 17.1 Å². The number of nitrogens with one attached hydrogen (secondary N) is 1. The fourth-order valence-electron chi connectivity index (χ4n) is 1.90. The smallest absolute Gasteiger partial charge is 0.242 e. The molecular weight excluding hydrogens is 290 g/mol. The Morgan fingerprint density at radius 1 is 1.43 bits per heavy atom. The molecule has 0 spiro atoms. The van der Waals surface area contributed by atoms with E-state index in [0.717, 1.165) is 5.69 Å². The number of nitrogens with zero attached hydrogens (tertiary/aromatic N) is 3. The molecule has 7 nitrogen and oxygen atoms in total. The van der Waals surface area contributed by atoms with E-state index in [2.05, 4.69) is 9.82 Å². The highest BCUT2D eigenvalue weighted by atomic mass is 32.2. The molecule has 1 aromatic carbocycles. The molecule has 21 heavy (non-hydrogen) atoms. The van der Waals surface area contributed by atoms with Crippen molar-refractivity contribution < 1.29 is 8.42 Å². The van der Waals surface area contributed by atoms with Crippen molar-refractivity contribution in [2.75, 3.05) is 12.3 Å². The summed E-state index contributed by atoms with van der Waals surface area (Å²) < 4.78 is 28.5. The number of benzene rings is 1. The second kappa shape index (κ2) is 5.95. The summed E-state index contributed by atoms with van der Waals surface area (Å²) in [5.74, 6) is 0. The molecule has 3 N–H and O–H groups in total. The number of aromatic nitrogens is 2. The number of hydrogen-bond acceptors (Lipinski definition) is 5. The van der Waals surface area contributed by atoms with Gasteiger partial charge in [-0.3, -0.25) is 4.68 Å². The zero-order valence-electron chi connectivity index (χ0n) is 11.4. The van der Waals surface area contributed by atoms with Crippen LogP contribution in [-0.2, 0) is 23.5 Å². The Balaban J connectivity index is 2.09. The van der Waals surface area contributed by atoms with Crippen molar-refractivity contribution in [3.8, 4) is 6.07 Å². The SMILES string of the molecule is Cn1nccc1CCNS(=O)(=O)c1ccc(C#N)cc1N. The molecule has 0 saturated carbocycles. The van der Waals surface area contributed by atoms with Gasteiger partial charge in [0.1, 0.15) is 4.90 Å². The Labute approximate surface area is 123 Å².